The molecule has 1 aliphatic carbocycles. The Kier molecular flexibility index (Phi) is 2.20. The van der Waals surface area contributed by atoms with E-state index in [1.807, 2.05) is 0 Å². The minimum atomic E-state index is 0.457. The summed E-state index contributed by atoms with van der Waals surface area (Å²) in [6.07, 6.45) is 5.60. The van der Waals surface area contributed by atoms with E-state index in [2.05, 4.69) is 65.7 Å². The van der Waals surface area contributed by atoms with Gasteiger partial charge in [-0.15, -0.1) is 0 Å². The predicted molar refractivity (Wildman–Crippen MR) is 85.1 cm³/mol. The van der Waals surface area contributed by atoms with Crippen LogP contribution < -0.4 is 0 Å². The van der Waals surface area contributed by atoms with Crippen molar-refractivity contribution in [2.75, 3.05) is 6.54 Å². The van der Waals surface area contributed by atoms with E-state index < -0.39 is 0 Å². The molecule has 2 heteroatoms. The van der Waals surface area contributed by atoms with E-state index in [4.69, 9.17) is 4.99 Å². The molecule has 0 amide bonds. The fraction of sp³-hybridized carbons (Fsp3) is 0.211. The maximum atomic E-state index is 4.91. The highest BCUT2D eigenvalue weighted by atomic mass is 15.2. The smallest absolute Gasteiger partial charge is 0.136 e. The third-order valence-corrected chi connectivity index (χ3v) is 4.94. The normalized spacial score (nSPS) is 24.8. The predicted octanol–water partition coefficient (Wildman–Crippen LogP) is 3.65. The minimum Gasteiger partial charge on any atom is -0.325 e. The second-order valence-electron chi connectivity index (χ2n) is 6.08. The van der Waals surface area contributed by atoms with Crippen LogP contribution in [-0.2, 0) is 6.42 Å². The monoisotopic (exact) mass is 272 g/mol. The number of benzene rings is 2. The highest BCUT2D eigenvalue weighted by Gasteiger charge is 2.40. The largest absolute Gasteiger partial charge is 0.325 e. The van der Waals surface area contributed by atoms with Crippen molar-refractivity contribution in [3.8, 4) is 0 Å². The van der Waals surface area contributed by atoms with Gasteiger partial charge in [0.1, 0.15) is 5.84 Å². The van der Waals surface area contributed by atoms with Gasteiger partial charge < -0.3 is 4.90 Å². The molecule has 0 fully saturated rings. The summed E-state index contributed by atoms with van der Waals surface area (Å²) in [5.41, 5.74) is 5.52. The van der Waals surface area contributed by atoms with Gasteiger partial charge in [-0.05, 0) is 29.2 Å². The molecule has 0 spiro atoms. The van der Waals surface area contributed by atoms with Gasteiger partial charge in [-0.3, -0.25) is 4.99 Å². The lowest BCUT2D eigenvalue weighted by atomic mass is 9.93. The molecule has 0 saturated heterocycles. The van der Waals surface area contributed by atoms with Crippen LogP contribution in [0.15, 0.2) is 59.7 Å². The van der Waals surface area contributed by atoms with E-state index in [1.165, 1.54) is 22.3 Å². The first-order valence-electron chi connectivity index (χ1n) is 7.60. The molecule has 102 valence electrons. The van der Waals surface area contributed by atoms with Crippen molar-refractivity contribution in [3.05, 3.63) is 77.0 Å². The van der Waals surface area contributed by atoms with Gasteiger partial charge >= 0.3 is 0 Å². The highest BCUT2D eigenvalue weighted by molar-refractivity contribution is 6.05. The third kappa shape index (κ3) is 1.50. The van der Waals surface area contributed by atoms with Crippen molar-refractivity contribution in [1.82, 2.24) is 4.90 Å². The molecule has 2 aliphatic heterocycles. The van der Waals surface area contributed by atoms with Crippen LogP contribution in [0, 0.1) is 5.92 Å². The summed E-state index contributed by atoms with van der Waals surface area (Å²) in [7, 11) is 0. The number of hydrogen-bond acceptors (Lipinski definition) is 2. The summed E-state index contributed by atoms with van der Waals surface area (Å²) < 4.78 is 0. The van der Waals surface area contributed by atoms with E-state index in [9.17, 15) is 0 Å². The molecule has 0 unspecified atom stereocenters. The molecule has 0 bridgehead atoms. The average Bonchev–Trinajstić information content (AvgIpc) is 2.93. The van der Waals surface area contributed by atoms with Crippen molar-refractivity contribution in [1.29, 1.82) is 0 Å². The molecule has 2 aromatic carbocycles. The van der Waals surface area contributed by atoms with Gasteiger partial charge in [0.05, 0.1) is 6.04 Å². The molecule has 2 heterocycles. The molecule has 0 radical (unpaired) electrons. The van der Waals surface area contributed by atoms with E-state index >= 15 is 0 Å². The van der Waals surface area contributed by atoms with Crippen LogP contribution in [0.5, 0.6) is 0 Å². The Bertz CT molecular complexity index is 788. The van der Waals surface area contributed by atoms with Crippen LogP contribution in [-0.4, -0.2) is 17.3 Å². The molecule has 2 aromatic rings. The molecule has 5 rings (SSSR count). The zero-order valence-electron chi connectivity index (χ0n) is 11.7. The summed E-state index contributed by atoms with van der Waals surface area (Å²) in [6.45, 7) is 0.938. The first-order chi connectivity index (χ1) is 10.4. The Morgan fingerprint density at radius 1 is 1.00 bits per heavy atom. The fourth-order valence-corrected chi connectivity index (χ4v) is 4.01. The Morgan fingerprint density at radius 2 is 1.86 bits per heavy atom. The first kappa shape index (κ1) is 11.3. The number of hydrogen-bond donors (Lipinski definition) is 0. The Balaban J connectivity index is 1.67. The van der Waals surface area contributed by atoms with Gasteiger partial charge in [0.25, 0.3) is 0 Å². The zero-order valence-corrected chi connectivity index (χ0v) is 11.7. The van der Waals surface area contributed by atoms with Crippen LogP contribution in [0.2, 0.25) is 0 Å². The maximum absolute atomic E-state index is 4.91. The van der Waals surface area contributed by atoms with E-state index in [-0.39, 0.29) is 0 Å². The van der Waals surface area contributed by atoms with Crippen LogP contribution in [0.4, 0.5) is 0 Å². The van der Waals surface area contributed by atoms with E-state index in [0.29, 0.717) is 12.0 Å². The van der Waals surface area contributed by atoms with Gasteiger partial charge in [-0.1, -0.05) is 48.5 Å². The SMILES string of the molecule is C1=CN2C(=NC[C@@H]3Cc4ccccc4[C@@H]32)c2ccccc21. The topological polar surface area (TPSA) is 15.6 Å². The minimum absolute atomic E-state index is 0.457. The summed E-state index contributed by atoms with van der Waals surface area (Å²) >= 11 is 0. The zero-order chi connectivity index (χ0) is 13.8. The van der Waals surface area contributed by atoms with E-state index in [1.54, 1.807) is 0 Å². The molecule has 0 N–H and O–H groups in total. The molecule has 3 aliphatic rings. The van der Waals surface area contributed by atoms with Crippen LogP contribution in [0.25, 0.3) is 6.08 Å². The van der Waals surface area contributed by atoms with E-state index in [0.717, 1.165) is 18.8 Å². The van der Waals surface area contributed by atoms with Gasteiger partial charge in [0.15, 0.2) is 0 Å². The summed E-state index contributed by atoms with van der Waals surface area (Å²) in [4.78, 5) is 7.30. The summed E-state index contributed by atoms with van der Waals surface area (Å²) in [6, 6.07) is 17.9. The number of nitrogens with zero attached hydrogens (tertiary/aromatic N) is 2. The molecule has 0 aromatic heterocycles. The van der Waals surface area contributed by atoms with Gasteiger partial charge in [-0.25, -0.2) is 0 Å². The van der Waals surface area contributed by atoms with Gasteiger partial charge in [0, 0.05) is 24.2 Å². The van der Waals surface area contributed by atoms with Crippen LogP contribution in [0.1, 0.15) is 28.3 Å². The van der Waals surface area contributed by atoms with Crippen molar-refractivity contribution in [2.24, 2.45) is 10.9 Å². The van der Waals surface area contributed by atoms with Crippen molar-refractivity contribution >= 4 is 11.9 Å². The van der Waals surface area contributed by atoms with Crippen molar-refractivity contribution in [2.45, 2.75) is 12.5 Å². The molecule has 2 nitrogen and oxygen atoms in total. The average molecular weight is 272 g/mol. The summed E-state index contributed by atoms with van der Waals surface area (Å²) in [5.74, 6) is 1.76. The van der Waals surface area contributed by atoms with Crippen LogP contribution in [0.3, 0.4) is 0 Å². The molecule has 2 atom stereocenters. The fourth-order valence-electron chi connectivity index (χ4n) is 4.01. The third-order valence-electron chi connectivity index (χ3n) is 4.94. The number of aliphatic imine (C=N–C) groups is 1. The Morgan fingerprint density at radius 3 is 2.86 bits per heavy atom. The van der Waals surface area contributed by atoms with Gasteiger partial charge in [0.2, 0.25) is 0 Å². The lowest BCUT2D eigenvalue weighted by Gasteiger charge is -2.39. The second kappa shape index (κ2) is 4.08. The van der Waals surface area contributed by atoms with Crippen molar-refractivity contribution in [3.63, 3.8) is 0 Å². The number of fused-ring (bicyclic) bond motifs is 7. The molecular formula is C19H16N2. The van der Waals surface area contributed by atoms with Crippen LogP contribution >= 0.6 is 0 Å². The number of amidine groups is 1. The standard InChI is InChI=1S/C19H16N2/c1-4-8-17-13(5-1)9-10-21-18-15(12-20-19(17)21)11-14-6-2-3-7-16(14)18/h1-10,15,18H,11-12H2/t15-,18+/m0/s1. The molecule has 0 saturated carbocycles. The number of rotatable bonds is 0. The Hall–Kier alpha value is -2.35. The lowest BCUT2D eigenvalue weighted by molar-refractivity contribution is 0.292. The second-order valence-corrected chi connectivity index (χ2v) is 6.08. The van der Waals surface area contributed by atoms with Gasteiger partial charge in [-0.2, -0.15) is 0 Å². The summed E-state index contributed by atoms with van der Waals surface area (Å²) in [5, 5.41) is 0. The quantitative estimate of drug-likeness (QED) is 0.715. The maximum Gasteiger partial charge on any atom is 0.136 e. The molecule has 21 heavy (non-hydrogen) atoms. The first-order valence-corrected chi connectivity index (χ1v) is 7.60. The molecular weight excluding hydrogens is 256 g/mol. The lowest BCUT2D eigenvalue weighted by Crippen LogP contribution is -2.40. The van der Waals surface area contributed by atoms with Crippen molar-refractivity contribution < 1.29 is 0 Å². The highest BCUT2D eigenvalue weighted by Crippen LogP contribution is 2.44. The Labute approximate surface area is 124 Å².